The third-order valence-corrected chi connectivity index (χ3v) is 4.88. The lowest BCUT2D eigenvalue weighted by atomic mass is 10.3. The zero-order valence-electron chi connectivity index (χ0n) is 15.9. The fraction of sp³-hybridized carbons (Fsp3) is 0.333. The number of nitrogens with two attached hydrogens (primary N) is 1. The molecule has 0 unspecified atom stereocenters. The third kappa shape index (κ3) is 3.30. The quantitative estimate of drug-likeness (QED) is 0.526. The molecule has 1 saturated heterocycles. The maximum atomic E-state index is 6.08. The maximum absolute atomic E-state index is 6.08. The maximum Gasteiger partial charge on any atom is 0.201 e. The first-order chi connectivity index (χ1) is 14.2. The number of ether oxygens (including phenoxy) is 1. The van der Waals surface area contributed by atoms with Gasteiger partial charge in [0.25, 0.3) is 0 Å². The van der Waals surface area contributed by atoms with E-state index in [1.807, 2.05) is 31.3 Å². The molecule has 3 aromatic heterocycles. The van der Waals surface area contributed by atoms with Crippen molar-refractivity contribution in [1.82, 2.24) is 44.6 Å². The number of hydrogen-bond donors (Lipinski definition) is 1. The van der Waals surface area contributed by atoms with E-state index in [0.29, 0.717) is 23.9 Å². The molecule has 0 saturated carbocycles. The topological polar surface area (TPSA) is 126 Å². The highest BCUT2D eigenvalue weighted by Crippen LogP contribution is 2.21. The number of aromatic nitrogens is 8. The molecule has 29 heavy (non-hydrogen) atoms. The Morgan fingerprint density at radius 2 is 1.97 bits per heavy atom. The molecule has 1 aromatic carbocycles. The van der Waals surface area contributed by atoms with E-state index in [1.54, 1.807) is 15.6 Å². The van der Waals surface area contributed by atoms with E-state index in [9.17, 15) is 0 Å². The molecule has 0 atom stereocenters. The molecule has 11 heteroatoms. The summed E-state index contributed by atoms with van der Waals surface area (Å²) < 4.78 is 8.76. The molecule has 0 radical (unpaired) electrons. The summed E-state index contributed by atoms with van der Waals surface area (Å²) in [6.45, 7) is 3.95. The number of aryl methyl sites for hydroxylation is 1. The van der Waals surface area contributed by atoms with E-state index in [2.05, 4.69) is 35.3 Å². The predicted octanol–water partition coefficient (Wildman–Crippen LogP) is 0.420. The van der Waals surface area contributed by atoms with Gasteiger partial charge in [-0.2, -0.15) is 4.68 Å². The van der Waals surface area contributed by atoms with Gasteiger partial charge in [-0.25, -0.2) is 15.0 Å². The average Bonchev–Trinajstić information content (AvgIpc) is 3.33. The largest absolute Gasteiger partial charge is 0.381 e. The minimum absolute atomic E-state index is 0.258. The molecule has 5 rings (SSSR count). The van der Waals surface area contributed by atoms with Crippen LogP contribution in [0.25, 0.3) is 28.4 Å². The summed E-state index contributed by atoms with van der Waals surface area (Å²) in [5, 5.41) is 12.9. The molecule has 1 aliphatic heterocycles. The summed E-state index contributed by atoms with van der Waals surface area (Å²) in [4.78, 5) is 15.9. The van der Waals surface area contributed by atoms with Gasteiger partial charge in [0, 0.05) is 20.1 Å². The van der Waals surface area contributed by atoms with Crippen molar-refractivity contribution in [2.45, 2.75) is 6.54 Å². The van der Waals surface area contributed by atoms with Crippen LogP contribution in [-0.2, 0) is 18.3 Å². The fourth-order valence-corrected chi connectivity index (χ4v) is 3.30. The van der Waals surface area contributed by atoms with Crippen LogP contribution in [0.4, 0.5) is 5.82 Å². The second kappa shape index (κ2) is 7.18. The predicted molar refractivity (Wildman–Crippen MR) is 105 cm³/mol. The van der Waals surface area contributed by atoms with Gasteiger partial charge in [-0.3, -0.25) is 9.58 Å². The number of nitrogen functional groups attached to an aromatic ring is 1. The SMILES string of the molecule is Cn1nc(-c2cnc(N)c(-n3nnc4ccccc43)n2)nc1CN1CCOCC1. The Balaban J connectivity index is 1.49. The first-order valence-corrected chi connectivity index (χ1v) is 9.33. The van der Waals surface area contributed by atoms with Crippen LogP contribution in [0.5, 0.6) is 0 Å². The zero-order chi connectivity index (χ0) is 19.8. The number of benzene rings is 1. The van der Waals surface area contributed by atoms with Crippen molar-refractivity contribution in [2.75, 3.05) is 32.0 Å². The first kappa shape index (κ1) is 17.6. The Labute approximate surface area is 166 Å². The number of nitrogens with zero attached hydrogens (tertiary/aromatic N) is 9. The molecule has 0 amide bonds. The van der Waals surface area contributed by atoms with Gasteiger partial charge in [0.1, 0.15) is 17.0 Å². The standard InChI is InChI=1S/C18H20N10O/c1-26-15(11-27-6-8-29-9-7-27)22-17(24-26)13-10-20-16(19)18(21-13)28-14-5-3-2-4-12(14)23-25-28/h2-5,10H,6-9,11H2,1H3,(H2,19,20). The lowest BCUT2D eigenvalue weighted by Crippen LogP contribution is -2.36. The zero-order valence-corrected chi connectivity index (χ0v) is 15.9. The smallest absolute Gasteiger partial charge is 0.201 e. The number of morpholine rings is 1. The van der Waals surface area contributed by atoms with Crippen molar-refractivity contribution in [1.29, 1.82) is 0 Å². The van der Waals surface area contributed by atoms with Crippen molar-refractivity contribution in [3.63, 3.8) is 0 Å². The van der Waals surface area contributed by atoms with Gasteiger partial charge in [-0.15, -0.1) is 10.2 Å². The van der Waals surface area contributed by atoms with Crippen molar-refractivity contribution in [2.24, 2.45) is 7.05 Å². The van der Waals surface area contributed by atoms with Crippen LogP contribution in [0.15, 0.2) is 30.5 Å². The van der Waals surface area contributed by atoms with Gasteiger partial charge in [0.2, 0.25) is 5.82 Å². The highest BCUT2D eigenvalue weighted by atomic mass is 16.5. The Morgan fingerprint density at radius 1 is 1.14 bits per heavy atom. The summed E-state index contributed by atoms with van der Waals surface area (Å²) in [7, 11) is 1.88. The van der Waals surface area contributed by atoms with Crippen LogP contribution in [-0.4, -0.2) is 70.9 Å². The second-order valence-electron chi connectivity index (χ2n) is 6.82. The van der Waals surface area contributed by atoms with Gasteiger partial charge >= 0.3 is 0 Å². The van der Waals surface area contributed by atoms with Crippen LogP contribution in [0.1, 0.15) is 5.82 Å². The van der Waals surface area contributed by atoms with Gasteiger partial charge in [-0.1, -0.05) is 17.3 Å². The van der Waals surface area contributed by atoms with E-state index in [-0.39, 0.29) is 5.82 Å². The second-order valence-corrected chi connectivity index (χ2v) is 6.82. The average molecular weight is 392 g/mol. The summed E-state index contributed by atoms with van der Waals surface area (Å²) in [6.07, 6.45) is 1.58. The van der Waals surface area contributed by atoms with Crippen LogP contribution in [0.2, 0.25) is 0 Å². The van der Waals surface area contributed by atoms with Gasteiger partial charge in [0.05, 0.1) is 31.5 Å². The Kier molecular flexibility index (Phi) is 4.37. The third-order valence-electron chi connectivity index (χ3n) is 4.88. The molecule has 0 aliphatic carbocycles. The first-order valence-electron chi connectivity index (χ1n) is 9.33. The highest BCUT2D eigenvalue weighted by Gasteiger charge is 2.18. The molecule has 148 valence electrons. The van der Waals surface area contributed by atoms with Crippen molar-refractivity contribution in [3.05, 3.63) is 36.3 Å². The minimum Gasteiger partial charge on any atom is -0.381 e. The van der Waals surface area contributed by atoms with E-state index >= 15 is 0 Å². The molecular formula is C18H20N10O. The Bertz CT molecular complexity index is 1160. The van der Waals surface area contributed by atoms with E-state index in [1.165, 1.54) is 0 Å². The summed E-state index contributed by atoms with van der Waals surface area (Å²) in [5.41, 5.74) is 8.16. The molecule has 4 aromatic rings. The number of anilines is 1. The van der Waals surface area contributed by atoms with Gasteiger partial charge in [0.15, 0.2) is 11.6 Å². The normalized spacial score (nSPS) is 15.2. The summed E-state index contributed by atoms with van der Waals surface area (Å²) in [5.74, 6) is 2.01. The Morgan fingerprint density at radius 3 is 2.83 bits per heavy atom. The molecule has 1 fully saturated rings. The van der Waals surface area contributed by atoms with Crippen LogP contribution < -0.4 is 5.73 Å². The monoisotopic (exact) mass is 392 g/mol. The van der Waals surface area contributed by atoms with E-state index in [4.69, 9.17) is 10.5 Å². The minimum atomic E-state index is 0.258. The molecule has 0 bridgehead atoms. The number of rotatable bonds is 4. The van der Waals surface area contributed by atoms with Crippen LogP contribution in [0, 0.1) is 0 Å². The number of para-hydroxylation sites is 1. The molecule has 1 aliphatic rings. The van der Waals surface area contributed by atoms with Crippen molar-refractivity contribution >= 4 is 16.9 Å². The van der Waals surface area contributed by atoms with Gasteiger partial charge < -0.3 is 10.5 Å². The highest BCUT2D eigenvalue weighted by molar-refractivity contribution is 5.76. The van der Waals surface area contributed by atoms with Gasteiger partial charge in [-0.05, 0) is 12.1 Å². The van der Waals surface area contributed by atoms with Crippen LogP contribution >= 0.6 is 0 Å². The van der Waals surface area contributed by atoms with Crippen molar-refractivity contribution in [3.8, 4) is 17.3 Å². The molecule has 4 heterocycles. The number of hydrogen-bond acceptors (Lipinski definition) is 9. The summed E-state index contributed by atoms with van der Waals surface area (Å²) in [6, 6.07) is 7.60. The lowest BCUT2D eigenvalue weighted by molar-refractivity contribution is 0.0326. The number of fused-ring (bicyclic) bond motifs is 1. The fourth-order valence-electron chi connectivity index (χ4n) is 3.30. The van der Waals surface area contributed by atoms with E-state index < -0.39 is 0 Å². The van der Waals surface area contributed by atoms with E-state index in [0.717, 1.165) is 43.2 Å². The van der Waals surface area contributed by atoms with Crippen LogP contribution in [0.3, 0.4) is 0 Å². The molecule has 11 nitrogen and oxygen atoms in total. The Hall–Kier alpha value is -3.44. The molecule has 0 spiro atoms. The lowest BCUT2D eigenvalue weighted by Gasteiger charge is -2.25. The molecule has 2 N–H and O–H groups in total. The van der Waals surface area contributed by atoms with Crippen molar-refractivity contribution < 1.29 is 4.74 Å². The summed E-state index contributed by atoms with van der Waals surface area (Å²) >= 11 is 0. The molecular weight excluding hydrogens is 372 g/mol.